The zero-order valence-electron chi connectivity index (χ0n) is 28.3. The van der Waals surface area contributed by atoms with Gasteiger partial charge in [-0.25, -0.2) is 0 Å². The van der Waals surface area contributed by atoms with E-state index in [1.54, 1.807) is 0 Å². The number of rotatable bonds is 5. The van der Waals surface area contributed by atoms with E-state index in [1.807, 2.05) is 0 Å². The molecule has 0 amide bonds. The van der Waals surface area contributed by atoms with E-state index >= 15 is 0 Å². The summed E-state index contributed by atoms with van der Waals surface area (Å²) in [4.78, 5) is 2.31. The molecule has 0 N–H and O–H groups in total. The number of fused-ring (bicyclic) bond motifs is 8. The highest BCUT2D eigenvalue weighted by Gasteiger charge is 2.52. The van der Waals surface area contributed by atoms with E-state index in [9.17, 15) is 0 Å². The summed E-state index contributed by atoms with van der Waals surface area (Å²) in [7, 11) is -2.82. The summed E-state index contributed by atoms with van der Waals surface area (Å²) in [5.41, 5.74) is 8.01. The summed E-state index contributed by atoms with van der Waals surface area (Å²) in [6.07, 6.45) is 0. The zero-order valence-corrected chi connectivity index (χ0v) is 29.3. The lowest BCUT2D eigenvalue weighted by Gasteiger charge is -2.43. The molecule has 2 aliphatic rings. The van der Waals surface area contributed by atoms with Crippen LogP contribution in [0.15, 0.2) is 200 Å². The first-order valence-electron chi connectivity index (χ1n) is 17.7. The Balaban J connectivity index is 1.09. The average Bonchev–Trinajstić information content (AvgIpc) is 3.22. The van der Waals surface area contributed by atoms with Crippen molar-refractivity contribution in [2.24, 2.45) is 0 Å². The van der Waals surface area contributed by atoms with Gasteiger partial charge in [0, 0.05) is 17.1 Å². The van der Waals surface area contributed by atoms with E-state index in [2.05, 4.69) is 205 Å². The first kappa shape index (κ1) is 30.2. The maximum absolute atomic E-state index is 6.70. The molecule has 4 heteroatoms. The van der Waals surface area contributed by atoms with E-state index in [4.69, 9.17) is 9.47 Å². The molecule has 0 fully saturated rings. The number of benzene rings is 8. The van der Waals surface area contributed by atoms with Gasteiger partial charge in [-0.15, -0.1) is 0 Å². The third-order valence-corrected chi connectivity index (χ3v) is 15.3. The minimum absolute atomic E-state index is 0.909. The van der Waals surface area contributed by atoms with E-state index < -0.39 is 8.07 Å². The lowest BCUT2D eigenvalue weighted by molar-refractivity contribution is 0.481. The summed E-state index contributed by atoms with van der Waals surface area (Å²) >= 11 is 0. The second kappa shape index (κ2) is 12.3. The maximum atomic E-state index is 6.70. The monoisotopic (exact) mass is 683 g/mol. The maximum Gasteiger partial charge on any atom is 0.196 e. The number of ether oxygens (including phenoxy) is 2. The number of anilines is 3. The molecule has 8 aromatic carbocycles. The first-order chi connectivity index (χ1) is 25.8. The molecule has 52 heavy (non-hydrogen) atoms. The Bertz CT molecular complexity index is 2460. The van der Waals surface area contributed by atoms with Crippen LogP contribution in [-0.2, 0) is 0 Å². The average molecular weight is 684 g/mol. The molecule has 246 valence electrons. The molecule has 2 heterocycles. The lowest BCUT2D eigenvalue weighted by Crippen LogP contribution is -2.77. The lowest BCUT2D eigenvalue weighted by atomic mass is 10.0. The SMILES string of the molecule is c1ccc(-c2ccc(N(c3ccccc3)c3ccc(-c4ccc5c(c4)[Si]4(c6ccccc6Oc6ccccc64)c4ccccc4O5)cc3)cc2)cc1. The van der Waals surface area contributed by atoms with Crippen molar-refractivity contribution in [2.45, 2.75) is 0 Å². The molecule has 0 radical (unpaired) electrons. The molecular weight excluding hydrogens is 651 g/mol. The second-order valence-corrected chi connectivity index (χ2v) is 16.9. The van der Waals surface area contributed by atoms with Crippen LogP contribution in [0.5, 0.6) is 23.0 Å². The molecule has 0 aromatic heterocycles. The van der Waals surface area contributed by atoms with Crippen molar-refractivity contribution in [2.75, 3.05) is 4.90 Å². The van der Waals surface area contributed by atoms with Gasteiger partial charge in [-0.3, -0.25) is 0 Å². The van der Waals surface area contributed by atoms with Gasteiger partial charge in [0.15, 0.2) is 8.07 Å². The van der Waals surface area contributed by atoms with Crippen LogP contribution in [0.25, 0.3) is 22.3 Å². The molecule has 3 nitrogen and oxygen atoms in total. The quantitative estimate of drug-likeness (QED) is 0.169. The minimum Gasteiger partial charge on any atom is -0.458 e. The third-order valence-electron chi connectivity index (χ3n) is 10.4. The largest absolute Gasteiger partial charge is 0.458 e. The van der Waals surface area contributed by atoms with Crippen LogP contribution in [0.2, 0.25) is 0 Å². The summed E-state index contributed by atoms with van der Waals surface area (Å²) in [6.45, 7) is 0. The molecule has 2 aliphatic heterocycles. The highest BCUT2D eigenvalue weighted by molar-refractivity contribution is 7.21. The summed E-state index contributed by atoms with van der Waals surface area (Å²) < 4.78 is 13.3. The van der Waals surface area contributed by atoms with Crippen LogP contribution in [0, 0.1) is 0 Å². The van der Waals surface area contributed by atoms with Crippen LogP contribution < -0.4 is 35.1 Å². The van der Waals surface area contributed by atoms with Crippen molar-refractivity contribution < 1.29 is 9.47 Å². The van der Waals surface area contributed by atoms with Gasteiger partial charge in [0.25, 0.3) is 0 Å². The van der Waals surface area contributed by atoms with Crippen LogP contribution in [0.4, 0.5) is 17.1 Å². The van der Waals surface area contributed by atoms with E-state index in [-0.39, 0.29) is 0 Å². The predicted octanol–water partition coefficient (Wildman–Crippen LogP) is 10.1. The van der Waals surface area contributed by atoms with E-state index in [1.165, 1.54) is 31.9 Å². The molecule has 10 rings (SSSR count). The third kappa shape index (κ3) is 4.80. The Morgan fingerprint density at radius 2 is 0.654 bits per heavy atom. The van der Waals surface area contributed by atoms with Crippen molar-refractivity contribution >= 4 is 45.9 Å². The van der Waals surface area contributed by atoms with Gasteiger partial charge in [-0.1, -0.05) is 140 Å². The van der Waals surface area contributed by atoms with Gasteiger partial charge >= 0.3 is 0 Å². The topological polar surface area (TPSA) is 21.7 Å². The van der Waals surface area contributed by atoms with Crippen molar-refractivity contribution in [3.63, 3.8) is 0 Å². The number of para-hydroxylation sites is 4. The normalized spacial score (nSPS) is 13.1. The fourth-order valence-electron chi connectivity index (χ4n) is 8.06. The molecule has 0 saturated heterocycles. The van der Waals surface area contributed by atoms with Crippen LogP contribution in [0.1, 0.15) is 0 Å². The van der Waals surface area contributed by atoms with Gasteiger partial charge in [0.2, 0.25) is 0 Å². The summed E-state index contributed by atoms with van der Waals surface area (Å²) in [5.74, 6) is 3.67. The molecule has 1 spiro atoms. The molecule has 0 atom stereocenters. The Morgan fingerprint density at radius 1 is 0.288 bits per heavy atom. The number of hydrogen-bond donors (Lipinski definition) is 0. The summed E-state index contributed by atoms with van der Waals surface area (Å²) in [5, 5.41) is 4.97. The van der Waals surface area contributed by atoms with Gasteiger partial charge < -0.3 is 14.4 Å². The molecular formula is C48H33NO2Si. The Hall–Kier alpha value is -6.62. The van der Waals surface area contributed by atoms with E-state index in [0.29, 0.717) is 0 Å². The van der Waals surface area contributed by atoms with Gasteiger partial charge in [0.1, 0.15) is 23.0 Å². The second-order valence-electron chi connectivity index (χ2n) is 13.3. The smallest absolute Gasteiger partial charge is 0.196 e. The van der Waals surface area contributed by atoms with Crippen molar-refractivity contribution in [3.05, 3.63) is 200 Å². The molecule has 0 aliphatic carbocycles. The highest BCUT2D eigenvalue weighted by Crippen LogP contribution is 2.39. The van der Waals surface area contributed by atoms with Gasteiger partial charge in [-0.2, -0.15) is 0 Å². The van der Waals surface area contributed by atoms with Crippen molar-refractivity contribution in [1.29, 1.82) is 0 Å². The first-order valence-corrected chi connectivity index (χ1v) is 19.7. The Morgan fingerprint density at radius 3 is 1.17 bits per heavy atom. The van der Waals surface area contributed by atoms with Crippen LogP contribution in [-0.4, -0.2) is 8.07 Å². The van der Waals surface area contributed by atoms with Gasteiger partial charge in [0.05, 0.1) is 0 Å². The van der Waals surface area contributed by atoms with Crippen LogP contribution >= 0.6 is 0 Å². The minimum atomic E-state index is -2.82. The highest BCUT2D eigenvalue weighted by atomic mass is 28.3. The number of hydrogen-bond acceptors (Lipinski definition) is 3. The van der Waals surface area contributed by atoms with Crippen molar-refractivity contribution in [1.82, 2.24) is 0 Å². The standard InChI is InChI=1S/C48H33NO2Si/c1-3-13-34(14-4-1)35-23-28-39(29-24-35)49(38-15-5-2-6-16-38)40-30-25-36(26-31-40)37-27-32-44-48(33-37)52(47-22-12-9-19-43(47)51-44)45-20-10-7-17-41(45)50-42-18-8-11-21-46(42)52/h1-33H. The number of nitrogens with zero attached hydrogens (tertiary/aromatic N) is 1. The molecule has 8 aromatic rings. The van der Waals surface area contributed by atoms with Crippen LogP contribution in [0.3, 0.4) is 0 Å². The van der Waals surface area contributed by atoms with Gasteiger partial charge in [-0.05, 0) is 104 Å². The van der Waals surface area contributed by atoms with Crippen molar-refractivity contribution in [3.8, 4) is 45.3 Å². The molecule has 0 saturated carbocycles. The molecule has 0 bridgehead atoms. The molecule has 0 unspecified atom stereocenters. The fourth-order valence-corrected chi connectivity index (χ4v) is 13.2. The van der Waals surface area contributed by atoms with E-state index in [0.717, 1.165) is 51.2 Å². The Labute approximate surface area is 304 Å². The Kier molecular flexibility index (Phi) is 7.15. The fraction of sp³-hybridized carbons (Fsp3) is 0. The zero-order chi connectivity index (χ0) is 34.5. The summed E-state index contributed by atoms with van der Waals surface area (Å²) in [6, 6.07) is 71.3. The predicted molar refractivity (Wildman–Crippen MR) is 216 cm³/mol.